The zero-order chi connectivity index (χ0) is 12.4. The number of hydrogen-bond donors (Lipinski definition) is 0. The summed E-state index contributed by atoms with van der Waals surface area (Å²) >= 11 is 0. The molecule has 0 saturated heterocycles. The van der Waals surface area contributed by atoms with Crippen LogP contribution < -0.4 is 0 Å². The lowest BCUT2D eigenvalue weighted by atomic mass is 9.94. The molecule has 2 rings (SSSR count). The summed E-state index contributed by atoms with van der Waals surface area (Å²) in [5.41, 5.74) is 4.85. The van der Waals surface area contributed by atoms with Gasteiger partial charge in [0.2, 0.25) is 0 Å². The summed E-state index contributed by atoms with van der Waals surface area (Å²) in [6, 6.07) is 13.6. The van der Waals surface area contributed by atoms with E-state index >= 15 is 0 Å². The van der Waals surface area contributed by atoms with Crippen LogP contribution >= 0.6 is 0 Å². The molecule has 0 aliphatic rings. The fourth-order valence-electron chi connectivity index (χ4n) is 1.97. The summed E-state index contributed by atoms with van der Waals surface area (Å²) in [6.45, 7) is 6.00. The van der Waals surface area contributed by atoms with E-state index in [1.54, 1.807) is 0 Å². The highest BCUT2D eigenvalue weighted by Gasteiger charge is 2.13. The smallest absolute Gasteiger partial charge is 0.193 e. The summed E-state index contributed by atoms with van der Waals surface area (Å²) in [4.78, 5) is 12.4. The molecule has 0 heterocycles. The molecule has 0 N–H and O–H groups in total. The molecule has 0 saturated carbocycles. The molecule has 0 amide bonds. The van der Waals surface area contributed by atoms with Crippen molar-refractivity contribution in [1.82, 2.24) is 0 Å². The first-order valence-corrected chi connectivity index (χ1v) is 5.78. The van der Waals surface area contributed by atoms with Crippen LogP contribution in [0.4, 0.5) is 0 Å². The van der Waals surface area contributed by atoms with E-state index in [2.05, 4.69) is 0 Å². The summed E-state index contributed by atoms with van der Waals surface area (Å²) in [5, 5.41) is 0. The van der Waals surface area contributed by atoms with Crippen LogP contribution in [0, 0.1) is 20.8 Å². The zero-order valence-electron chi connectivity index (χ0n) is 10.4. The van der Waals surface area contributed by atoms with Gasteiger partial charge in [0.1, 0.15) is 0 Å². The first kappa shape index (κ1) is 11.6. The largest absolute Gasteiger partial charge is 0.289 e. The molecule has 86 valence electrons. The van der Waals surface area contributed by atoms with Crippen molar-refractivity contribution in [3.63, 3.8) is 0 Å². The Bertz CT molecular complexity index is 567. The molecular weight excluding hydrogens is 208 g/mol. The van der Waals surface area contributed by atoms with Crippen molar-refractivity contribution in [1.29, 1.82) is 0 Å². The van der Waals surface area contributed by atoms with Gasteiger partial charge in [-0.25, -0.2) is 0 Å². The number of carbonyl (C=O) groups is 1. The van der Waals surface area contributed by atoms with Crippen molar-refractivity contribution in [2.24, 2.45) is 0 Å². The maximum atomic E-state index is 12.4. The van der Waals surface area contributed by atoms with Gasteiger partial charge in [-0.2, -0.15) is 0 Å². The Hall–Kier alpha value is -1.89. The Balaban J connectivity index is 2.52. The van der Waals surface area contributed by atoms with Crippen molar-refractivity contribution < 1.29 is 4.79 Å². The van der Waals surface area contributed by atoms with Gasteiger partial charge in [-0.3, -0.25) is 4.79 Å². The molecule has 1 nitrogen and oxygen atoms in total. The van der Waals surface area contributed by atoms with E-state index in [0.29, 0.717) is 0 Å². The summed E-state index contributed by atoms with van der Waals surface area (Å²) in [5.74, 6) is 0.115. The average molecular weight is 224 g/mol. The average Bonchev–Trinajstić information content (AvgIpc) is 2.32. The van der Waals surface area contributed by atoms with Gasteiger partial charge in [0.15, 0.2) is 5.78 Å². The van der Waals surface area contributed by atoms with Crippen LogP contribution in [-0.4, -0.2) is 5.78 Å². The third kappa shape index (κ3) is 2.14. The molecule has 0 atom stereocenters. The molecule has 1 heteroatoms. The predicted molar refractivity (Wildman–Crippen MR) is 70.5 cm³/mol. The normalized spacial score (nSPS) is 10.3. The van der Waals surface area contributed by atoms with Crippen LogP contribution in [0.3, 0.4) is 0 Å². The maximum absolute atomic E-state index is 12.4. The highest BCUT2D eigenvalue weighted by Crippen LogP contribution is 2.19. The second-order valence-electron chi connectivity index (χ2n) is 4.39. The van der Waals surface area contributed by atoms with Gasteiger partial charge in [0, 0.05) is 11.1 Å². The van der Waals surface area contributed by atoms with E-state index in [-0.39, 0.29) is 5.78 Å². The van der Waals surface area contributed by atoms with E-state index in [9.17, 15) is 4.79 Å². The van der Waals surface area contributed by atoms with Gasteiger partial charge in [0.25, 0.3) is 0 Å². The summed E-state index contributed by atoms with van der Waals surface area (Å²) in [7, 11) is 0. The molecule has 0 aromatic heterocycles. The first-order valence-electron chi connectivity index (χ1n) is 5.78. The van der Waals surface area contributed by atoms with Gasteiger partial charge in [0.05, 0.1) is 0 Å². The van der Waals surface area contributed by atoms with Gasteiger partial charge in [-0.15, -0.1) is 0 Å². The van der Waals surface area contributed by atoms with Crippen LogP contribution in [-0.2, 0) is 0 Å². The number of ketones is 1. The van der Waals surface area contributed by atoms with Crippen molar-refractivity contribution >= 4 is 5.78 Å². The Morgan fingerprint density at radius 2 is 1.35 bits per heavy atom. The van der Waals surface area contributed by atoms with E-state index in [4.69, 9.17) is 0 Å². The number of benzene rings is 2. The minimum absolute atomic E-state index is 0.115. The van der Waals surface area contributed by atoms with Crippen molar-refractivity contribution in [3.8, 4) is 0 Å². The Labute approximate surface area is 102 Å². The van der Waals surface area contributed by atoms with Crippen LogP contribution in [0.5, 0.6) is 0 Å². The molecule has 0 spiro atoms. The molecule has 0 bridgehead atoms. The lowest BCUT2D eigenvalue weighted by Gasteiger charge is -2.09. The predicted octanol–water partition coefficient (Wildman–Crippen LogP) is 3.84. The third-order valence-corrected chi connectivity index (χ3v) is 3.24. The van der Waals surface area contributed by atoms with E-state index in [1.165, 1.54) is 0 Å². The number of rotatable bonds is 2. The molecule has 17 heavy (non-hydrogen) atoms. The second-order valence-corrected chi connectivity index (χ2v) is 4.39. The van der Waals surface area contributed by atoms with Crippen LogP contribution in [0.2, 0.25) is 0 Å². The van der Waals surface area contributed by atoms with E-state index in [0.717, 1.165) is 27.8 Å². The minimum atomic E-state index is 0.115. The van der Waals surface area contributed by atoms with E-state index < -0.39 is 0 Å². The fourth-order valence-corrected chi connectivity index (χ4v) is 1.97. The van der Waals surface area contributed by atoms with Crippen molar-refractivity contribution in [2.75, 3.05) is 0 Å². The lowest BCUT2D eigenvalue weighted by Crippen LogP contribution is -2.06. The lowest BCUT2D eigenvalue weighted by molar-refractivity contribution is 0.103. The van der Waals surface area contributed by atoms with Crippen molar-refractivity contribution in [2.45, 2.75) is 20.8 Å². The molecular formula is C16H16O. The Morgan fingerprint density at radius 1 is 0.765 bits per heavy atom. The van der Waals surface area contributed by atoms with Gasteiger partial charge in [-0.05, 0) is 37.5 Å². The number of hydrogen-bond acceptors (Lipinski definition) is 1. The van der Waals surface area contributed by atoms with Gasteiger partial charge < -0.3 is 0 Å². The molecule has 2 aromatic carbocycles. The van der Waals surface area contributed by atoms with Crippen LogP contribution in [0.25, 0.3) is 0 Å². The highest BCUT2D eigenvalue weighted by molar-refractivity contribution is 6.10. The third-order valence-electron chi connectivity index (χ3n) is 3.24. The quantitative estimate of drug-likeness (QED) is 0.708. The molecule has 0 radical (unpaired) electrons. The van der Waals surface area contributed by atoms with Gasteiger partial charge >= 0.3 is 0 Å². The number of aryl methyl sites for hydroxylation is 2. The van der Waals surface area contributed by atoms with Crippen LogP contribution in [0.1, 0.15) is 32.6 Å². The SMILES string of the molecule is Cc1ccccc1C(=O)c1cccc(C)c1C. The van der Waals surface area contributed by atoms with Crippen LogP contribution in [0.15, 0.2) is 42.5 Å². The summed E-state index contributed by atoms with van der Waals surface area (Å²) < 4.78 is 0. The maximum Gasteiger partial charge on any atom is 0.193 e. The fraction of sp³-hybridized carbons (Fsp3) is 0.188. The Morgan fingerprint density at radius 3 is 2.06 bits per heavy atom. The minimum Gasteiger partial charge on any atom is -0.289 e. The molecule has 0 aliphatic heterocycles. The Kier molecular flexibility index (Phi) is 3.10. The van der Waals surface area contributed by atoms with Gasteiger partial charge in [-0.1, -0.05) is 42.5 Å². The second kappa shape index (κ2) is 4.54. The molecule has 2 aromatic rings. The molecule has 0 aliphatic carbocycles. The standard InChI is InChI=1S/C16H16O/c1-11-8-6-10-15(13(11)3)16(17)14-9-5-4-7-12(14)2/h4-10H,1-3H3. The van der Waals surface area contributed by atoms with Crippen molar-refractivity contribution in [3.05, 3.63) is 70.3 Å². The van der Waals surface area contributed by atoms with E-state index in [1.807, 2.05) is 63.2 Å². The zero-order valence-corrected chi connectivity index (χ0v) is 10.4. The topological polar surface area (TPSA) is 17.1 Å². The first-order chi connectivity index (χ1) is 8.11. The molecule has 0 unspecified atom stereocenters. The molecule has 0 fully saturated rings. The number of carbonyl (C=O) groups excluding carboxylic acids is 1. The highest BCUT2D eigenvalue weighted by atomic mass is 16.1. The summed E-state index contributed by atoms with van der Waals surface area (Å²) in [6.07, 6.45) is 0. The monoisotopic (exact) mass is 224 g/mol.